The molecule has 0 aliphatic heterocycles. The Morgan fingerprint density at radius 2 is 1.33 bits per heavy atom. The predicted molar refractivity (Wildman–Crippen MR) is 88.1 cm³/mol. The molecule has 2 aromatic carbocycles. The van der Waals surface area contributed by atoms with Crippen molar-refractivity contribution in [3.05, 3.63) is 54.6 Å². The van der Waals surface area contributed by atoms with Crippen molar-refractivity contribution in [2.75, 3.05) is 5.32 Å². The highest BCUT2D eigenvalue weighted by Crippen LogP contribution is 2.25. The highest BCUT2D eigenvalue weighted by molar-refractivity contribution is 5.47. The third kappa shape index (κ3) is 4.25. The van der Waals surface area contributed by atoms with E-state index in [1.807, 2.05) is 42.5 Å². The Hall–Kier alpha value is -1.96. The maximum absolute atomic E-state index is 5.82. The maximum atomic E-state index is 5.82. The van der Waals surface area contributed by atoms with Crippen LogP contribution in [-0.4, -0.2) is 6.04 Å². The second-order valence-electron chi connectivity index (χ2n) is 5.77. The van der Waals surface area contributed by atoms with E-state index in [1.54, 1.807) is 0 Å². The van der Waals surface area contributed by atoms with Gasteiger partial charge in [-0.2, -0.15) is 0 Å². The number of para-hydroxylation sites is 1. The molecule has 0 saturated heterocycles. The summed E-state index contributed by atoms with van der Waals surface area (Å²) in [5.41, 5.74) is 1.20. The number of benzene rings is 2. The van der Waals surface area contributed by atoms with Crippen molar-refractivity contribution < 1.29 is 4.74 Å². The van der Waals surface area contributed by atoms with Gasteiger partial charge in [0.2, 0.25) is 0 Å². The standard InChI is InChI=1S/C19H23NO/c1-2-5-9-16(8-4-1)20-17-12-14-19(15-13-17)21-18-10-6-3-7-11-18/h3,6-7,10-16,20H,1-2,4-5,8-9H2. The Kier molecular flexibility index (Phi) is 4.78. The van der Waals surface area contributed by atoms with Crippen molar-refractivity contribution in [1.29, 1.82) is 0 Å². The van der Waals surface area contributed by atoms with Gasteiger partial charge in [0.15, 0.2) is 0 Å². The first-order valence-corrected chi connectivity index (χ1v) is 8.00. The molecule has 0 amide bonds. The van der Waals surface area contributed by atoms with E-state index in [0.717, 1.165) is 11.5 Å². The van der Waals surface area contributed by atoms with Crippen molar-refractivity contribution in [1.82, 2.24) is 0 Å². The average Bonchev–Trinajstić information content (AvgIpc) is 2.79. The van der Waals surface area contributed by atoms with Gasteiger partial charge in [0.1, 0.15) is 11.5 Å². The van der Waals surface area contributed by atoms with Crippen LogP contribution in [0.15, 0.2) is 54.6 Å². The fraction of sp³-hybridized carbons (Fsp3) is 0.368. The fourth-order valence-corrected chi connectivity index (χ4v) is 2.90. The van der Waals surface area contributed by atoms with Gasteiger partial charge in [-0.05, 0) is 49.2 Å². The minimum atomic E-state index is 0.633. The fourth-order valence-electron chi connectivity index (χ4n) is 2.90. The molecule has 0 radical (unpaired) electrons. The van der Waals surface area contributed by atoms with Gasteiger partial charge >= 0.3 is 0 Å². The van der Waals surface area contributed by atoms with Crippen LogP contribution in [-0.2, 0) is 0 Å². The summed E-state index contributed by atoms with van der Waals surface area (Å²) in [5.74, 6) is 1.76. The first kappa shape index (κ1) is 14.0. The molecule has 0 atom stereocenters. The molecule has 3 rings (SSSR count). The minimum Gasteiger partial charge on any atom is -0.457 e. The number of rotatable bonds is 4. The molecular formula is C19H23NO. The molecule has 1 saturated carbocycles. The molecule has 1 aliphatic rings. The van der Waals surface area contributed by atoms with Gasteiger partial charge in [0.25, 0.3) is 0 Å². The lowest BCUT2D eigenvalue weighted by atomic mass is 10.1. The summed E-state index contributed by atoms with van der Waals surface area (Å²) in [6, 6.07) is 18.8. The van der Waals surface area contributed by atoms with E-state index in [2.05, 4.69) is 17.4 Å². The zero-order valence-corrected chi connectivity index (χ0v) is 12.4. The van der Waals surface area contributed by atoms with Crippen LogP contribution in [0.4, 0.5) is 5.69 Å². The molecule has 21 heavy (non-hydrogen) atoms. The summed E-state index contributed by atoms with van der Waals surface area (Å²) >= 11 is 0. The zero-order chi connectivity index (χ0) is 14.3. The third-order valence-electron chi connectivity index (χ3n) is 4.06. The Morgan fingerprint density at radius 1 is 0.714 bits per heavy atom. The van der Waals surface area contributed by atoms with Gasteiger partial charge in [-0.15, -0.1) is 0 Å². The van der Waals surface area contributed by atoms with Crippen LogP contribution in [0.2, 0.25) is 0 Å². The largest absolute Gasteiger partial charge is 0.457 e. The van der Waals surface area contributed by atoms with Crippen LogP contribution in [0.5, 0.6) is 11.5 Å². The van der Waals surface area contributed by atoms with Crippen molar-refractivity contribution in [2.24, 2.45) is 0 Å². The molecule has 110 valence electrons. The van der Waals surface area contributed by atoms with Crippen LogP contribution in [0.1, 0.15) is 38.5 Å². The molecule has 0 unspecified atom stereocenters. The van der Waals surface area contributed by atoms with Crippen molar-refractivity contribution in [2.45, 2.75) is 44.6 Å². The number of anilines is 1. The number of hydrogen-bond acceptors (Lipinski definition) is 2. The van der Waals surface area contributed by atoms with Crippen LogP contribution in [0.3, 0.4) is 0 Å². The molecule has 1 N–H and O–H groups in total. The Labute approximate surface area is 127 Å². The number of ether oxygens (including phenoxy) is 1. The van der Waals surface area contributed by atoms with Gasteiger partial charge in [-0.3, -0.25) is 0 Å². The summed E-state index contributed by atoms with van der Waals surface area (Å²) in [6.07, 6.45) is 8.08. The first-order chi connectivity index (χ1) is 10.4. The topological polar surface area (TPSA) is 21.3 Å². The smallest absolute Gasteiger partial charge is 0.127 e. The van der Waals surface area contributed by atoms with Gasteiger partial charge in [-0.1, -0.05) is 43.9 Å². The molecule has 1 fully saturated rings. The number of hydrogen-bond donors (Lipinski definition) is 1. The van der Waals surface area contributed by atoms with E-state index in [0.29, 0.717) is 6.04 Å². The third-order valence-corrected chi connectivity index (χ3v) is 4.06. The second kappa shape index (κ2) is 7.16. The van der Waals surface area contributed by atoms with Crippen molar-refractivity contribution in [3.63, 3.8) is 0 Å². The molecule has 2 heteroatoms. The summed E-state index contributed by atoms with van der Waals surface area (Å²) in [7, 11) is 0. The highest BCUT2D eigenvalue weighted by Gasteiger charge is 2.11. The van der Waals surface area contributed by atoms with E-state index in [9.17, 15) is 0 Å². The van der Waals surface area contributed by atoms with Crippen molar-refractivity contribution >= 4 is 5.69 Å². The Balaban J connectivity index is 1.58. The average molecular weight is 281 g/mol. The zero-order valence-electron chi connectivity index (χ0n) is 12.4. The lowest BCUT2D eigenvalue weighted by molar-refractivity contribution is 0.482. The van der Waals surface area contributed by atoms with Crippen molar-refractivity contribution in [3.8, 4) is 11.5 Å². The van der Waals surface area contributed by atoms with Gasteiger partial charge in [0, 0.05) is 11.7 Å². The van der Waals surface area contributed by atoms with Gasteiger partial charge < -0.3 is 10.1 Å². The lowest BCUT2D eigenvalue weighted by Gasteiger charge is -2.17. The molecule has 0 spiro atoms. The molecule has 2 aromatic rings. The summed E-state index contributed by atoms with van der Waals surface area (Å²) in [6.45, 7) is 0. The maximum Gasteiger partial charge on any atom is 0.127 e. The van der Waals surface area contributed by atoms with Crippen LogP contribution in [0, 0.1) is 0 Å². The van der Waals surface area contributed by atoms with E-state index < -0.39 is 0 Å². The summed E-state index contributed by atoms with van der Waals surface area (Å²) in [4.78, 5) is 0. The van der Waals surface area contributed by atoms with E-state index in [-0.39, 0.29) is 0 Å². The summed E-state index contributed by atoms with van der Waals surface area (Å²) in [5, 5.41) is 3.66. The molecule has 0 bridgehead atoms. The van der Waals surface area contributed by atoms with E-state index in [4.69, 9.17) is 4.74 Å². The lowest BCUT2D eigenvalue weighted by Crippen LogP contribution is -2.17. The normalized spacial score (nSPS) is 16.2. The monoisotopic (exact) mass is 281 g/mol. The first-order valence-electron chi connectivity index (χ1n) is 8.00. The molecule has 0 heterocycles. The summed E-state index contributed by atoms with van der Waals surface area (Å²) < 4.78 is 5.82. The van der Waals surface area contributed by atoms with Crippen LogP contribution in [0.25, 0.3) is 0 Å². The quantitative estimate of drug-likeness (QED) is 0.735. The van der Waals surface area contributed by atoms with E-state index >= 15 is 0 Å². The Morgan fingerprint density at radius 3 is 2.00 bits per heavy atom. The Bertz CT molecular complexity index is 527. The predicted octanol–water partition coefficient (Wildman–Crippen LogP) is 5.61. The molecular weight excluding hydrogens is 258 g/mol. The van der Waals surface area contributed by atoms with Crippen LogP contribution < -0.4 is 10.1 Å². The molecule has 2 nitrogen and oxygen atoms in total. The minimum absolute atomic E-state index is 0.633. The SMILES string of the molecule is c1ccc(Oc2ccc(NC3CCCCCC3)cc2)cc1. The highest BCUT2D eigenvalue weighted by atomic mass is 16.5. The van der Waals surface area contributed by atoms with Gasteiger partial charge in [-0.25, -0.2) is 0 Å². The van der Waals surface area contributed by atoms with E-state index in [1.165, 1.54) is 44.2 Å². The molecule has 0 aromatic heterocycles. The van der Waals surface area contributed by atoms with Crippen LogP contribution >= 0.6 is 0 Å². The van der Waals surface area contributed by atoms with Gasteiger partial charge in [0.05, 0.1) is 0 Å². The molecule has 1 aliphatic carbocycles. The number of nitrogens with one attached hydrogen (secondary N) is 1. The second-order valence-corrected chi connectivity index (χ2v) is 5.77.